The van der Waals surface area contributed by atoms with E-state index in [2.05, 4.69) is 0 Å². The second kappa shape index (κ2) is 3.80. The fourth-order valence-corrected chi connectivity index (χ4v) is 1.42. The Hall–Kier alpha value is -1.35. The lowest BCUT2D eigenvalue weighted by molar-refractivity contribution is -0.161. The molecule has 1 aromatic carbocycles. The van der Waals surface area contributed by atoms with Crippen molar-refractivity contribution in [3.05, 3.63) is 35.4 Å². The van der Waals surface area contributed by atoms with E-state index in [1.807, 2.05) is 25.1 Å². The summed E-state index contributed by atoms with van der Waals surface area (Å²) in [7, 11) is 1.40. The fraction of sp³-hybridized carbons (Fsp3) is 0.364. The molecule has 0 fully saturated rings. The van der Waals surface area contributed by atoms with Crippen molar-refractivity contribution in [2.75, 3.05) is 7.11 Å². The van der Waals surface area contributed by atoms with Crippen LogP contribution in [0.3, 0.4) is 0 Å². The van der Waals surface area contributed by atoms with Crippen LogP contribution in [0.2, 0.25) is 0 Å². The summed E-state index contributed by atoms with van der Waals surface area (Å²) in [4.78, 5) is 11.1. The van der Waals surface area contributed by atoms with Crippen LogP contribution in [0.1, 0.15) is 18.1 Å². The summed E-state index contributed by atoms with van der Waals surface area (Å²) in [6.45, 7) is 3.42. The lowest BCUT2D eigenvalue weighted by Crippen LogP contribution is -2.35. The third-order valence-electron chi connectivity index (χ3n) is 2.48. The zero-order valence-electron chi connectivity index (χ0n) is 8.57. The molecule has 3 nitrogen and oxygen atoms in total. The molecule has 0 bridgehead atoms. The van der Waals surface area contributed by atoms with Gasteiger partial charge in [-0.05, 0) is 25.0 Å². The van der Waals surface area contributed by atoms with Gasteiger partial charge in [0, 0.05) is 7.11 Å². The van der Waals surface area contributed by atoms with Gasteiger partial charge in [0.25, 0.3) is 0 Å². The summed E-state index contributed by atoms with van der Waals surface area (Å²) in [5.74, 6) is -0.977. The summed E-state index contributed by atoms with van der Waals surface area (Å²) in [6.07, 6.45) is 0. The highest BCUT2D eigenvalue weighted by atomic mass is 16.5. The van der Waals surface area contributed by atoms with E-state index < -0.39 is 11.6 Å². The van der Waals surface area contributed by atoms with Gasteiger partial charge in [0.05, 0.1) is 0 Å². The number of carbonyl (C=O) groups is 1. The summed E-state index contributed by atoms with van der Waals surface area (Å²) < 4.78 is 5.07. The molecule has 0 amide bonds. The normalized spacial score (nSPS) is 14.8. The molecule has 0 heterocycles. The Kier molecular flexibility index (Phi) is 2.91. The van der Waals surface area contributed by atoms with Crippen molar-refractivity contribution in [3.8, 4) is 0 Å². The van der Waals surface area contributed by atoms with Gasteiger partial charge in [-0.2, -0.15) is 0 Å². The quantitative estimate of drug-likeness (QED) is 0.799. The number of carboxylic acid groups (broad SMARTS) is 1. The summed E-state index contributed by atoms with van der Waals surface area (Å²) in [5, 5.41) is 9.09. The topological polar surface area (TPSA) is 46.5 Å². The van der Waals surface area contributed by atoms with Crippen molar-refractivity contribution < 1.29 is 14.6 Å². The number of methoxy groups -OCH3 is 1. The molecule has 0 saturated heterocycles. The Bertz CT molecular complexity index is 346. The summed E-state index contributed by atoms with van der Waals surface area (Å²) in [6, 6.07) is 7.32. The van der Waals surface area contributed by atoms with Crippen molar-refractivity contribution in [2.24, 2.45) is 0 Å². The van der Waals surface area contributed by atoms with Crippen LogP contribution < -0.4 is 0 Å². The molecule has 1 rings (SSSR count). The Morgan fingerprint density at radius 3 is 2.43 bits per heavy atom. The molecular weight excluding hydrogens is 180 g/mol. The molecule has 0 saturated carbocycles. The first-order valence-corrected chi connectivity index (χ1v) is 4.37. The number of rotatable bonds is 3. The van der Waals surface area contributed by atoms with E-state index in [0.29, 0.717) is 5.56 Å². The smallest absolute Gasteiger partial charge is 0.340 e. The van der Waals surface area contributed by atoms with Crippen molar-refractivity contribution in [3.63, 3.8) is 0 Å². The Balaban J connectivity index is 3.26. The lowest BCUT2D eigenvalue weighted by atomic mass is 9.92. The Morgan fingerprint density at radius 1 is 1.43 bits per heavy atom. The lowest BCUT2D eigenvalue weighted by Gasteiger charge is -2.25. The molecule has 1 aromatic rings. The standard InChI is InChI=1S/C11H14O3/c1-8-6-4-5-7-9(8)11(2,14-3)10(12)13/h4-7H,1-3H3,(H,12,13). The van der Waals surface area contributed by atoms with Crippen LogP contribution >= 0.6 is 0 Å². The van der Waals surface area contributed by atoms with E-state index in [0.717, 1.165) is 5.56 Å². The average molecular weight is 194 g/mol. The predicted octanol–water partition coefficient (Wildman–Crippen LogP) is 1.94. The highest BCUT2D eigenvalue weighted by molar-refractivity contribution is 5.79. The van der Waals surface area contributed by atoms with Crippen molar-refractivity contribution >= 4 is 5.97 Å². The molecule has 1 N–H and O–H groups in total. The van der Waals surface area contributed by atoms with Gasteiger partial charge in [-0.25, -0.2) is 4.79 Å². The number of hydrogen-bond acceptors (Lipinski definition) is 2. The number of ether oxygens (including phenoxy) is 1. The zero-order valence-corrected chi connectivity index (χ0v) is 8.57. The molecule has 14 heavy (non-hydrogen) atoms. The van der Waals surface area contributed by atoms with E-state index in [-0.39, 0.29) is 0 Å². The predicted molar refractivity (Wildman–Crippen MR) is 53.2 cm³/mol. The summed E-state index contributed by atoms with van der Waals surface area (Å²) in [5.41, 5.74) is 0.347. The minimum Gasteiger partial charge on any atom is -0.479 e. The maximum absolute atomic E-state index is 11.1. The van der Waals surface area contributed by atoms with Gasteiger partial charge in [0.15, 0.2) is 5.60 Å². The molecule has 0 aliphatic carbocycles. The van der Waals surface area contributed by atoms with E-state index in [9.17, 15) is 4.79 Å². The number of carboxylic acids is 1. The molecule has 1 unspecified atom stereocenters. The fourth-order valence-electron chi connectivity index (χ4n) is 1.42. The minimum absolute atomic E-state index is 0.690. The molecule has 0 spiro atoms. The molecule has 0 aliphatic heterocycles. The first-order valence-electron chi connectivity index (χ1n) is 4.37. The monoisotopic (exact) mass is 194 g/mol. The van der Waals surface area contributed by atoms with Crippen LogP contribution in [0.4, 0.5) is 0 Å². The third kappa shape index (κ3) is 1.63. The first kappa shape index (κ1) is 10.7. The van der Waals surface area contributed by atoms with Gasteiger partial charge in [-0.15, -0.1) is 0 Å². The minimum atomic E-state index is -1.26. The van der Waals surface area contributed by atoms with Crippen LogP contribution in [0.5, 0.6) is 0 Å². The van der Waals surface area contributed by atoms with Crippen molar-refractivity contribution in [1.29, 1.82) is 0 Å². The van der Waals surface area contributed by atoms with E-state index in [1.165, 1.54) is 7.11 Å². The highest BCUT2D eigenvalue weighted by Gasteiger charge is 2.36. The van der Waals surface area contributed by atoms with E-state index in [4.69, 9.17) is 9.84 Å². The van der Waals surface area contributed by atoms with Gasteiger partial charge in [-0.3, -0.25) is 0 Å². The first-order chi connectivity index (χ1) is 6.52. The molecule has 76 valence electrons. The Labute approximate surface area is 83.3 Å². The second-order valence-electron chi connectivity index (χ2n) is 3.36. The van der Waals surface area contributed by atoms with Gasteiger partial charge in [0.2, 0.25) is 0 Å². The van der Waals surface area contributed by atoms with Crippen LogP contribution in [0.15, 0.2) is 24.3 Å². The molecule has 0 aliphatic rings. The maximum Gasteiger partial charge on any atom is 0.340 e. The van der Waals surface area contributed by atoms with Crippen molar-refractivity contribution in [2.45, 2.75) is 19.4 Å². The number of aryl methyl sites for hydroxylation is 1. The Morgan fingerprint density at radius 2 is 2.00 bits per heavy atom. The maximum atomic E-state index is 11.1. The largest absolute Gasteiger partial charge is 0.479 e. The third-order valence-corrected chi connectivity index (χ3v) is 2.48. The number of aliphatic carboxylic acids is 1. The van der Waals surface area contributed by atoms with Gasteiger partial charge < -0.3 is 9.84 Å². The van der Waals surface area contributed by atoms with Crippen LogP contribution in [-0.2, 0) is 15.1 Å². The zero-order chi connectivity index (χ0) is 10.8. The number of hydrogen-bond donors (Lipinski definition) is 1. The number of benzene rings is 1. The molecule has 1 atom stereocenters. The van der Waals surface area contributed by atoms with Crippen LogP contribution in [0, 0.1) is 6.92 Å². The van der Waals surface area contributed by atoms with Crippen LogP contribution in [0.25, 0.3) is 0 Å². The molecule has 0 aromatic heterocycles. The van der Waals surface area contributed by atoms with Gasteiger partial charge in [0.1, 0.15) is 0 Å². The second-order valence-corrected chi connectivity index (χ2v) is 3.36. The summed E-state index contributed by atoms with van der Waals surface area (Å²) >= 11 is 0. The molecule has 3 heteroatoms. The van der Waals surface area contributed by atoms with E-state index in [1.54, 1.807) is 13.0 Å². The SMILES string of the molecule is COC(C)(C(=O)O)c1ccccc1C. The van der Waals surface area contributed by atoms with Gasteiger partial charge in [-0.1, -0.05) is 24.3 Å². The van der Waals surface area contributed by atoms with Crippen LogP contribution in [-0.4, -0.2) is 18.2 Å². The average Bonchev–Trinajstić information content (AvgIpc) is 2.17. The highest BCUT2D eigenvalue weighted by Crippen LogP contribution is 2.27. The van der Waals surface area contributed by atoms with Gasteiger partial charge >= 0.3 is 5.97 Å². The van der Waals surface area contributed by atoms with Crippen molar-refractivity contribution in [1.82, 2.24) is 0 Å². The molecular formula is C11H14O3. The molecule has 0 radical (unpaired) electrons. The van der Waals surface area contributed by atoms with E-state index >= 15 is 0 Å².